The molecule has 2 amide bonds. The molecule has 0 spiro atoms. The molecule has 0 aliphatic heterocycles. The summed E-state index contributed by atoms with van der Waals surface area (Å²) in [5.74, 6) is -0.816. The van der Waals surface area contributed by atoms with Crippen LogP contribution in [-0.2, 0) is 4.79 Å². The van der Waals surface area contributed by atoms with Gasteiger partial charge in [0.25, 0.3) is 5.91 Å². The van der Waals surface area contributed by atoms with Crippen molar-refractivity contribution >= 4 is 27.7 Å². The van der Waals surface area contributed by atoms with Gasteiger partial charge in [-0.3, -0.25) is 20.4 Å². The lowest BCUT2D eigenvalue weighted by Gasteiger charge is -2.17. The Kier molecular flexibility index (Phi) is 6.35. The van der Waals surface area contributed by atoms with Gasteiger partial charge in [-0.15, -0.1) is 0 Å². The van der Waals surface area contributed by atoms with Gasteiger partial charge < -0.3 is 0 Å². The first-order chi connectivity index (χ1) is 11.1. The molecule has 2 rings (SSSR count). The summed E-state index contributed by atoms with van der Waals surface area (Å²) in [5.41, 5.74) is 6.44. The predicted octanol–water partition coefficient (Wildman–Crippen LogP) is 3.79. The largest absolute Gasteiger partial charge is 0.273 e. The highest BCUT2D eigenvalue weighted by Gasteiger charge is 2.20. The fourth-order valence-electron chi connectivity index (χ4n) is 2.30. The van der Waals surface area contributed by atoms with Gasteiger partial charge in [0.2, 0.25) is 5.91 Å². The lowest BCUT2D eigenvalue weighted by atomic mass is 9.94. The lowest BCUT2D eigenvalue weighted by Crippen LogP contribution is -2.44. The van der Waals surface area contributed by atoms with Gasteiger partial charge in [-0.2, -0.15) is 0 Å². The van der Waals surface area contributed by atoms with Crippen molar-refractivity contribution < 1.29 is 9.59 Å². The van der Waals surface area contributed by atoms with Gasteiger partial charge in [0.15, 0.2) is 0 Å². The number of benzene rings is 2. The van der Waals surface area contributed by atoms with Crippen molar-refractivity contribution in [3.63, 3.8) is 0 Å². The van der Waals surface area contributed by atoms with E-state index in [2.05, 4.69) is 26.8 Å². The van der Waals surface area contributed by atoms with Crippen LogP contribution in [0.3, 0.4) is 0 Å². The van der Waals surface area contributed by atoms with Crippen molar-refractivity contribution in [1.29, 1.82) is 0 Å². The van der Waals surface area contributed by atoms with E-state index in [1.807, 2.05) is 37.3 Å². The third kappa shape index (κ3) is 4.93. The zero-order valence-electron chi connectivity index (χ0n) is 12.9. The number of hydrogen-bond acceptors (Lipinski definition) is 2. The van der Waals surface area contributed by atoms with E-state index in [1.165, 1.54) is 0 Å². The van der Waals surface area contributed by atoms with Gasteiger partial charge in [-0.05, 0) is 36.2 Å². The molecule has 0 aliphatic carbocycles. The minimum atomic E-state index is -0.339. The zero-order valence-corrected chi connectivity index (χ0v) is 14.5. The highest BCUT2D eigenvalue weighted by molar-refractivity contribution is 9.10. The van der Waals surface area contributed by atoms with Crippen LogP contribution in [-0.4, -0.2) is 11.8 Å². The Morgan fingerprint density at radius 1 is 1.00 bits per heavy atom. The molecule has 0 aromatic heterocycles. The topological polar surface area (TPSA) is 58.2 Å². The summed E-state index contributed by atoms with van der Waals surface area (Å²) >= 11 is 3.32. The van der Waals surface area contributed by atoms with Crippen molar-refractivity contribution in [3.05, 3.63) is 70.2 Å². The molecule has 120 valence electrons. The molecule has 2 N–H and O–H groups in total. The average molecular weight is 375 g/mol. The number of hydrazine groups is 1. The van der Waals surface area contributed by atoms with Crippen LogP contribution in [0.4, 0.5) is 0 Å². The van der Waals surface area contributed by atoms with E-state index in [4.69, 9.17) is 0 Å². The molecule has 0 unspecified atom stereocenters. The summed E-state index contributed by atoms with van der Waals surface area (Å²) in [7, 11) is 0. The van der Waals surface area contributed by atoms with E-state index in [9.17, 15) is 9.59 Å². The quantitative estimate of drug-likeness (QED) is 0.782. The maximum absolute atomic E-state index is 12.4. The second kappa shape index (κ2) is 8.48. The van der Waals surface area contributed by atoms with E-state index < -0.39 is 0 Å². The van der Waals surface area contributed by atoms with Crippen molar-refractivity contribution in [2.75, 3.05) is 0 Å². The second-order valence-corrected chi connectivity index (χ2v) is 6.12. The number of carbonyl (C=O) groups excluding carboxylic acids is 2. The summed E-state index contributed by atoms with van der Waals surface area (Å²) in [6.45, 7) is 2.03. The Morgan fingerprint density at radius 2 is 1.65 bits per heavy atom. The molecule has 2 aromatic rings. The summed E-state index contributed by atoms with van der Waals surface area (Å²) in [5, 5.41) is 0. The van der Waals surface area contributed by atoms with Crippen molar-refractivity contribution in [3.8, 4) is 0 Å². The number of halogens is 1. The van der Waals surface area contributed by atoms with Crippen LogP contribution in [0.15, 0.2) is 59.1 Å². The van der Waals surface area contributed by atoms with Crippen LogP contribution < -0.4 is 10.9 Å². The third-order valence-electron chi connectivity index (χ3n) is 3.50. The summed E-state index contributed by atoms with van der Waals surface area (Å²) in [6, 6.07) is 16.5. The number of hydrogen-bond donors (Lipinski definition) is 2. The normalized spacial score (nSPS) is 11.6. The summed E-state index contributed by atoms with van der Waals surface area (Å²) < 4.78 is 0.894. The van der Waals surface area contributed by atoms with Crippen LogP contribution in [0.5, 0.6) is 0 Å². The SMILES string of the molecule is CCC[C@H](C(=O)NNC(=O)c1ccc(Br)cc1)c1ccccc1. The lowest BCUT2D eigenvalue weighted by molar-refractivity contribution is -0.123. The molecule has 4 nitrogen and oxygen atoms in total. The predicted molar refractivity (Wildman–Crippen MR) is 93.8 cm³/mol. The maximum Gasteiger partial charge on any atom is 0.269 e. The summed E-state index contributed by atoms with van der Waals surface area (Å²) in [6.07, 6.45) is 1.61. The Bertz CT molecular complexity index is 656. The van der Waals surface area contributed by atoms with Crippen molar-refractivity contribution in [1.82, 2.24) is 10.9 Å². The fraction of sp³-hybridized carbons (Fsp3) is 0.222. The number of carbonyl (C=O) groups is 2. The molecule has 0 aliphatic rings. The average Bonchev–Trinajstić information content (AvgIpc) is 2.58. The first kappa shape index (κ1) is 17.2. The summed E-state index contributed by atoms with van der Waals surface area (Å²) in [4.78, 5) is 24.4. The first-order valence-corrected chi connectivity index (χ1v) is 8.31. The smallest absolute Gasteiger partial charge is 0.269 e. The van der Waals surface area contributed by atoms with Gasteiger partial charge in [0, 0.05) is 10.0 Å². The molecule has 2 aromatic carbocycles. The number of nitrogens with one attached hydrogen (secondary N) is 2. The Balaban J connectivity index is 1.99. The van der Waals surface area contributed by atoms with Crippen LogP contribution in [0.1, 0.15) is 41.6 Å². The molecule has 5 heteroatoms. The standard InChI is InChI=1S/C18H19BrN2O2/c1-2-6-16(13-7-4-3-5-8-13)18(23)21-20-17(22)14-9-11-15(19)12-10-14/h3-5,7-12,16H,2,6H2,1H3,(H,20,22)(H,21,23)/t16-/m0/s1. The first-order valence-electron chi connectivity index (χ1n) is 7.52. The number of amides is 2. The highest BCUT2D eigenvalue weighted by Crippen LogP contribution is 2.21. The Hall–Kier alpha value is -2.14. The third-order valence-corrected chi connectivity index (χ3v) is 4.03. The number of rotatable bonds is 5. The molecule has 0 saturated heterocycles. The minimum Gasteiger partial charge on any atom is -0.273 e. The minimum absolute atomic E-state index is 0.205. The molecule has 0 heterocycles. The van der Waals surface area contributed by atoms with Crippen LogP contribution >= 0.6 is 15.9 Å². The van der Waals surface area contributed by atoms with E-state index in [-0.39, 0.29) is 17.7 Å². The van der Waals surface area contributed by atoms with Crippen LogP contribution in [0, 0.1) is 0 Å². The van der Waals surface area contributed by atoms with Gasteiger partial charge in [-0.25, -0.2) is 0 Å². The maximum atomic E-state index is 12.4. The van der Waals surface area contributed by atoms with Gasteiger partial charge in [0.1, 0.15) is 0 Å². The van der Waals surface area contributed by atoms with Gasteiger partial charge in [0.05, 0.1) is 5.92 Å². The van der Waals surface area contributed by atoms with Gasteiger partial charge >= 0.3 is 0 Å². The van der Waals surface area contributed by atoms with Crippen LogP contribution in [0.2, 0.25) is 0 Å². The molecule has 23 heavy (non-hydrogen) atoms. The fourth-order valence-corrected chi connectivity index (χ4v) is 2.57. The molecule has 0 radical (unpaired) electrons. The zero-order chi connectivity index (χ0) is 16.7. The van der Waals surface area contributed by atoms with Gasteiger partial charge in [-0.1, -0.05) is 59.6 Å². The molecular weight excluding hydrogens is 356 g/mol. The van der Waals surface area contributed by atoms with E-state index in [0.717, 1.165) is 22.9 Å². The molecule has 0 saturated carbocycles. The highest BCUT2D eigenvalue weighted by atomic mass is 79.9. The van der Waals surface area contributed by atoms with E-state index in [0.29, 0.717) is 5.56 Å². The van der Waals surface area contributed by atoms with E-state index >= 15 is 0 Å². The molecular formula is C18H19BrN2O2. The second-order valence-electron chi connectivity index (χ2n) is 5.20. The Labute approximate surface area is 144 Å². The van der Waals surface area contributed by atoms with E-state index in [1.54, 1.807) is 24.3 Å². The Morgan fingerprint density at radius 3 is 2.26 bits per heavy atom. The monoisotopic (exact) mass is 374 g/mol. The molecule has 0 bridgehead atoms. The molecule has 1 atom stereocenters. The van der Waals surface area contributed by atoms with Crippen molar-refractivity contribution in [2.24, 2.45) is 0 Å². The van der Waals surface area contributed by atoms with Crippen LogP contribution in [0.25, 0.3) is 0 Å². The van der Waals surface area contributed by atoms with Crippen molar-refractivity contribution in [2.45, 2.75) is 25.7 Å². The molecule has 0 fully saturated rings.